The molecule has 1 rings (SSSR count). The summed E-state index contributed by atoms with van der Waals surface area (Å²) in [5.41, 5.74) is 1.25. The van der Waals surface area contributed by atoms with E-state index in [9.17, 15) is 0 Å². The highest BCUT2D eigenvalue weighted by molar-refractivity contribution is 7.15. The van der Waals surface area contributed by atoms with Crippen molar-refractivity contribution in [3.05, 3.63) is 10.6 Å². The Bertz CT molecular complexity index is 420. The summed E-state index contributed by atoms with van der Waals surface area (Å²) in [5.74, 6) is 0.505. The van der Waals surface area contributed by atoms with Crippen LogP contribution in [0, 0.1) is 0 Å². The van der Waals surface area contributed by atoms with Gasteiger partial charge in [0.1, 0.15) is 0 Å². The Labute approximate surface area is 133 Å². The summed E-state index contributed by atoms with van der Waals surface area (Å²) in [6.45, 7) is 12.6. The molecule has 1 aromatic heterocycles. The number of anilines is 1. The van der Waals surface area contributed by atoms with Crippen LogP contribution < -0.4 is 10.2 Å². The van der Waals surface area contributed by atoms with Crippen molar-refractivity contribution in [3.63, 3.8) is 0 Å². The molecule has 2 atom stereocenters. The summed E-state index contributed by atoms with van der Waals surface area (Å²) in [5, 5.41) is 4.61. The predicted molar refractivity (Wildman–Crippen MR) is 92.5 cm³/mol. The van der Waals surface area contributed by atoms with Gasteiger partial charge in [-0.3, -0.25) is 0 Å². The first-order valence-corrected chi connectivity index (χ1v) is 8.67. The molecule has 0 aromatic carbocycles. The van der Waals surface area contributed by atoms with Gasteiger partial charge in [-0.15, -0.1) is 11.3 Å². The first-order chi connectivity index (χ1) is 9.90. The summed E-state index contributed by atoms with van der Waals surface area (Å²) in [4.78, 5) is 8.50. The first kappa shape index (κ1) is 18.4. The van der Waals surface area contributed by atoms with E-state index < -0.39 is 0 Å². The van der Waals surface area contributed by atoms with Gasteiger partial charge >= 0.3 is 0 Å². The lowest BCUT2D eigenvalue weighted by molar-refractivity contribution is 0.183. The Balaban J connectivity index is 2.95. The summed E-state index contributed by atoms with van der Waals surface area (Å²) >= 11 is 1.80. The van der Waals surface area contributed by atoms with Crippen molar-refractivity contribution in [2.24, 2.45) is 0 Å². The molecular formula is C16H31N3OS. The molecule has 0 amide bonds. The summed E-state index contributed by atoms with van der Waals surface area (Å²) in [6, 6.07) is 0.822. The van der Waals surface area contributed by atoms with Crippen LogP contribution in [-0.4, -0.2) is 37.8 Å². The van der Waals surface area contributed by atoms with Gasteiger partial charge < -0.3 is 15.0 Å². The Morgan fingerprint density at radius 1 is 1.29 bits per heavy atom. The van der Waals surface area contributed by atoms with E-state index in [1.807, 2.05) is 0 Å². The number of methoxy groups -OCH3 is 1. The van der Waals surface area contributed by atoms with Crippen LogP contribution in [0.25, 0.3) is 0 Å². The van der Waals surface area contributed by atoms with Crippen molar-refractivity contribution in [1.29, 1.82) is 0 Å². The van der Waals surface area contributed by atoms with Crippen LogP contribution in [0.15, 0.2) is 0 Å². The van der Waals surface area contributed by atoms with Crippen molar-refractivity contribution < 1.29 is 4.74 Å². The van der Waals surface area contributed by atoms with Crippen LogP contribution in [0.2, 0.25) is 0 Å². The molecule has 0 aliphatic carbocycles. The SMILES string of the molecule is CCC(C)c1nc(N(C)C(C)COC)sc1CNC(C)C. The van der Waals surface area contributed by atoms with E-state index in [2.05, 4.69) is 51.9 Å². The molecule has 4 nitrogen and oxygen atoms in total. The monoisotopic (exact) mass is 313 g/mol. The molecule has 1 N–H and O–H groups in total. The fourth-order valence-electron chi connectivity index (χ4n) is 2.04. The molecule has 0 saturated carbocycles. The molecule has 5 heteroatoms. The smallest absolute Gasteiger partial charge is 0.185 e. The maximum atomic E-state index is 5.25. The molecule has 0 saturated heterocycles. The molecule has 0 aliphatic heterocycles. The Hall–Kier alpha value is -0.650. The minimum Gasteiger partial charge on any atom is -0.383 e. The van der Waals surface area contributed by atoms with Crippen LogP contribution in [0.1, 0.15) is 57.5 Å². The van der Waals surface area contributed by atoms with Gasteiger partial charge in [-0.1, -0.05) is 27.7 Å². The Kier molecular flexibility index (Phi) is 7.63. The van der Waals surface area contributed by atoms with E-state index in [0.717, 1.165) is 18.1 Å². The lowest BCUT2D eigenvalue weighted by Gasteiger charge is -2.23. The number of likely N-dealkylation sites (N-methyl/N-ethyl adjacent to an activating group) is 1. The highest BCUT2D eigenvalue weighted by atomic mass is 32.1. The zero-order chi connectivity index (χ0) is 16.0. The van der Waals surface area contributed by atoms with Gasteiger partial charge in [-0.25, -0.2) is 4.98 Å². The predicted octanol–water partition coefficient (Wildman–Crippen LogP) is 3.63. The highest BCUT2D eigenvalue weighted by Gasteiger charge is 2.20. The molecule has 0 aliphatic rings. The molecule has 21 heavy (non-hydrogen) atoms. The van der Waals surface area contributed by atoms with Crippen LogP contribution in [0.4, 0.5) is 5.13 Å². The number of rotatable bonds is 9. The van der Waals surface area contributed by atoms with E-state index >= 15 is 0 Å². The second-order valence-electron chi connectivity index (χ2n) is 6.07. The highest BCUT2D eigenvalue weighted by Crippen LogP contribution is 2.32. The molecule has 0 spiro atoms. The van der Waals surface area contributed by atoms with Gasteiger partial charge in [0.05, 0.1) is 18.3 Å². The van der Waals surface area contributed by atoms with Gasteiger partial charge in [0.15, 0.2) is 5.13 Å². The summed E-state index contributed by atoms with van der Waals surface area (Å²) in [6.07, 6.45) is 1.12. The molecule has 2 unspecified atom stereocenters. The fourth-order valence-corrected chi connectivity index (χ4v) is 3.24. The minimum absolute atomic E-state index is 0.330. The van der Waals surface area contributed by atoms with Crippen molar-refractivity contribution >= 4 is 16.5 Å². The van der Waals surface area contributed by atoms with Gasteiger partial charge in [0, 0.05) is 31.6 Å². The van der Waals surface area contributed by atoms with Crippen LogP contribution in [0.3, 0.4) is 0 Å². The van der Waals surface area contributed by atoms with E-state index in [-0.39, 0.29) is 0 Å². The number of nitrogens with zero attached hydrogens (tertiary/aromatic N) is 2. The lowest BCUT2D eigenvalue weighted by atomic mass is 10.0. The molecule has 1 aromatic rings. The average molecular weight is 314 g/mol. The minimum atomic E-state index is 0.330. The number of hydrogen-bond donors (Lipinski definition) is 1. The molecule has 122 valence electrons. The maximum Gasteiger partial charge on any atom is 0.185 e. The second-order valence-corrected chi connectivity index (χ2v) is 7.13. The van der Waals surface area contributed by atoms with Crippen LogP contribution in [0.5, 0.6) is 0 Å². The number of thiazole rings is 1. The number of hydrogen-bond acceptors (Lipinski definition) is 5. The number of ether oxygens (including phenoxy) is 1. The summed E-state index contributed by atoms with van der Waals surface area (Å²) < 4.78 is 5.25. The van der Waals surface area contributed by atoms with Crippen molar-refractivity contribution in [3.8, 4) is 0 Å². The quantitative estimate of drug-likeness (QED) is 0.755. The third-order valence-electron chi connectivity index (χ3n) is 3.84. The van der Waals surface area contributed by atoms with Gasteiger partial charge in [-0.05, 0) is 19.3 Å². The Morgan fingerprint density at radius 3 is 2.48 bits per heavy atom. The third-order valence-corrected chi connectivity index (χ3v) is 5.00. The number of aromatic nitrogens is 1. The first-order valence-electron chi connectivity index (χ1n) is 7.85. The molecule has 0 bridgehead atoms. The zero-order valence-electron chi connectivity index (χ0n) is 14.6. The molecule has 0 radical (unpaired) electrons. The van der Waals surface area contributed by atoms with E-state index in [4.69, 9.17) is 9.72 Å². The van der Waals surface area contributed by atoms with E-state index in [1.165, 1.54) is 10.6 Å². The molecule has 1 heterocycles. The average Bonchev–Trinajstić information content (AvgIpc) is 2.87. The largest absolute Gasteiger partial charge is 0.383 e. The zero-order valence-corrected chi connectivity index (χ0v) is 15.4. The lowest BCUT2D eigenvalue weighted by Crippen LogP contribution is -2.32. The van der Waals surface area contributed by atoms with Gasteiger partial charge in [0.2, 0.25) is 0 Å². The van der Waals surface area contributed by atoms with Crippen molar-refractivity contribution in [2.75, 3.05) is 25.7 Å². The van der Waals surface area contributed by atoms with Gasteiger partial charge in [0.25, 0.3) is 0 Å². The normalized spacial score (nSPS) is 14.5. The van der Waals surface area contributed by atoms with Crippen LogP contribution >= 0.6 is 11.3 Å². The fraction of sp³-hybridized carbons (Fsp3) is 0.812. The topological polar surface area (TPSA) is 37.4 Å². The second kappa shape index (κ2) is 8.71. The molecular weight excluding hydrogens is 282 g/mol. The van der Waals surface area contributed by atoms with Crippen molar-refractivity contribution in [1.82, 2.24) is 10.3 Å². The number of nitrogens with one attached hydrogen (secondary N) is 1. The van der Waals surface area contributed by atoms with Crippen molar-refractivity contribution in [2.45, 2.75) is 65.6 Å². The summed E-state index contributed by atoms with van der Waals surface area (Å²) in [7, 11) is 3.84. The molecule has 0 fully saturated rings. The third kappa shape index (κ3) is 5.24. The van der Waals surface area contributed by atoms with Crippen LogP contribution in [-0.2, 0) is 11.3 Å². The van der Waals surface area contributed by atoms with Gasteiger partial charge in [-0.2, -0.15) is 0 Å². The Morgan fingerprint density at radius 2 is 1.95 bits per heavy atom. The maximum absolute atomic E-state index is 5.25. The standard InChI is InChI=1S/C16H31N3OS/c1-8-12(4)15-14(9-17-11(2)3)21-16(18-15)19(6)13(5)10-20-7/h11-13,17H,8-10H2,1-7H3. The van der Waals surface area contributed by atoms with E-state index in [0.29, 0.717) is 24.6 Å². The van der Waals surface area contributed by atoms with E-state index in [1.54, 1.807) is 18.4 Å².